The number of imide groups is 1. The third-order valence-electron chi connectivity index (χ3n) is 5.62. The molecule has 3 aromatic rings. The minimum Gasteiger partial charge on any atom is -0.489 e. The number of alkyl halides is 2. The van der Waals surface area contributed by atoms with E-state index in [2.05, 4.69) is 15.4 Å². The summed E-state index contributed by atoms with van der Waals surface area (Å²) < 4.78 is 34.8. The molecule has 4 amide bonds. The predicted molar refractivity (Wildman–Crippen MR) is 127 cm³/mol. The van der Waals surface area contributed by atoms with Crippen LogP contribution in [0.5, 0.6) is 11.5 Å². The van der Waals surface area contributed by atoms with Crippen molar-refractivity contribution in [1.82, 2.24) is 10.2 Å². The first-order valence-corrected chi connectivity index (χ1v) is 11.0. The van der Waals surface area contributed by atoms with Crippen molar-refractivity contribution in [3.8, 4) is 11.5 Å². The fraction of sp³-hybridized carbons (Fsp3) is 0.192. The smallest absolute Gasteiger partial charge is 0.387 e. The molecular formula is C26H23F2N3O5. The van der Waals surface area contributed by atoms with Crippen LogP contribution >= 0.6 is 0 Å². The number of anilines is 1. The van der Waals surface area contributed by atoms with Crippen LogP contribution in [0.2, 0.25) is 0 Å². The average molecular weight is 495 g/mol. The third kappa shape index (κ3) is 5.60. The van der Waals surface area contributed by atoms with Crippen molar-refractivity contribution in [2.24, 2.45) is 0 Å². The van der Waals surface area contributed by atoms with Crippen LogP contribution < -0.4 is 20.1 Å². The number of nitrogens with one attached hydrogen (secondary N) is 2. The summed E-state index contributed by atoms with van der Waals surface area (Å²) in [5.74, 6) is -0.676. The van der Waals surface area contributed by atoms with E-state index in [-0.39, 0.29) is 5.75 Å². The highest BCUT2D eigenvalue weighted by Crippen LogP contribution is 2.30. The summed E-state index contributed by atoms with van der Waals surface area (Å²) in [6, 6.07) is 21.0. The Kier molecular flexibility index (Phi) is 7.14. The first-order valence-electron chi connectivity index (χ1n) is 11.0. The molecule has 1 heterocycles. The van der Waals surface area contributed by atoms with Gasteiger partial charge in [-0.05, 0) is 54.4 Å². The zero-order valence-corrected chi connectivity index (χ0v) is 19.2. The molecule has 4 rings (SSSR count). The number of ether oxygens (including phenoxy) is 2. The lowest BCUT2D eigenvalue weighted by atomic mass is 9.92. The highest BCUT2D eigenvalue weighted by atomic mass is 19.3. The van der Waals surface area contributed by atoms with E-state index in [0.717, 1.165) is 10.5 Å². The van der Waals surface area contributed by atoms with Gasteiger partial charge in [0.2, 0.25) is 5.91 Å². The first kappa shape index (κ1) is 24.6. The summed E-state index contributed by atoms with van der Waals surface area (Å²) in [6.45, 7) is -1.60. The normalized spacial score (nSPS) is 17.2. The van der Waals surface area contributed by atoms with Crippen molar-refractivity contribution < 1.29 is 32.6 Å². The molecule has 1 atom stereocenters. The topological polar surface area (TPSA) is 97.0 Å². The van der Waals surface area contributed by atoms with Gasteiger partial charge in [0.25, 0.3) is 5.91 Å². The molecule has 36 heavy (non-hydrogen) atoms. The third-order valence-corrected chi connectivity index (χ3v) is 5.62. The zero-order chi connectivity index (χ0) is 25.7. The van der Waals surface area contributed by atoms with Gasteiger partial charge in [-0.15, -0.1) is 0 Å². The van der Waals surface area contributed by atoms with Gasteiger partial charge in [-0.25, -0.2) is 4.79 Å². The number of carbonyl (C=O) groups excluding carboxylic acids is 3. The van der Waals surface area contributed by atoms with Gasteiger partial charge in [0.1, 0.15) is 30.2 Å². The number of amides is 4. The minimum atomic E-state index is -2.98. The maximum absolute atomic E-state index is 13.0. The molecule has 10 heteroatoms. The lowest BCUT2D eigenvalue weighted by molar-refractivity contribution is -0.133. The second-order valence-corrected chi connectivity index (χ2v) is 8.20. The van der Waals surface area contributed by atoms with Gasteiger partial charge in [-0.3, -0.25) is 14.5 Å². The molecule has 186 valence electrons. The number of rotatable bonds is 9. The summed E-state index contributed by atoms with van der Waals surface area (Å²) in [4.78, 5) is 38.8. The molecule has 0 aromatic heterocycles. The number of benzene rings is 3. The Labute approximate surface area is 205 Å². The number of nitrogens with zero attached hydrogens (tertiary/aromatic N) is 1. The molecular weight excluding hydrogens is 472 g/mol. The van der Waals surface area contributed by atoms with Gasteiger partial charge >= 0.3 is 12.6 Å². The number of urea groups is 1. The van der Waals surface area contributed by atoms with Crippen LogP contribution in [0.3, 0.4) is 0 Å². The van der Waals surface area contributed by atoms with Crippen LogP contribution in [0.15, 0.2) is 78.9 Å². The van der Waals surface area contributed by atoms with Gasteiger partial charge in [0, 0.05) is 5.69 Å². The van der Waals surface area contributed by atoms with Gasteiger partial charge in [-0.2, -0.15) is 8.78 Å². The van der Waals surface area contributed by atoms with E-state index >= 15 is 0 Å². The summed E-state index contributed by atoms with van der Waals surface area (Å²) >= 11 is 0. The van der Waals surface area contributed by atoms with E-state index in [9.17, 15) is 23.2 Å². The van der Waals surface area contributed by atoms with Crippen LogP contribution in [0.4, 0.5) is 19.3 Å². The number of hydrogen-bond donors (Lipinski definition) is 2. The quantitative estimate of drug-likeness (QED) is 0.432. The number of halogens is 2. The molecule has 0 radical (unpaired) electrons. The lowest BCUT2D eigenvalue weighted by Gasteiger charge is -2.22. The van der Waals surface area contributed by atoms with Crippen LogP contribution in [0.25, 0.3) is 0 Å². The van der Waals surface area contributed by atoms with Crippen molar-refractivity contribution in [3.63, 3.8) is 0 Å². The van der Waals surface area contributed by atoms with Gasteiger partial charge in [-0.1, -0.05) is 42.5 Å². The minimum absolute atomic E-state index is 0.0816. The van der Waals surface area contributed by atoms with Crippen LogP contribution in [-0.4, -0.2) is 35.9 Å². The van der Waals surface area contributed by atoms with Crippen molar-refractivity contribution >= 4 is 23.5 Å². The SMILES string of the molecule is C[C@@]1(c2ccc(OC(F)F)cc2)NC(=O)N(CC(=O)Nc2ccc(OCc3ccccc3)cc2)C1=O. The Morgan fingerprint density at radius 2 is 1.61 bits per heavy atom. The predicted octanol–water partition coefficient (Wildman–Crippen LogP) is 4.27. The molecule has 0 spiro atoms. The maximum Gasteiger partial charge on any atom is 0.387 e. The largest absolute Gasteiger partial charge is 0.489 e. The molecule has 8 nitrogen and oxygen atoms in total. The monoisotopic (exact) mass is 495 g/mol. The lowest BCUT2D eigenvalue weighted by Crippen LogP contribution is -2.42. The van der Waals surface area contributed by atoms with Crippen LogP contribution in [0, 0.1) is 0 Å². The second kappa shape index (κ2) is 10.4. The van der Waals surface area contributed by atoms with Gasteiger partial charge in [0.15, 0.2) is 0 Å². The second-order valence-electron chi connectivity index (χ2n) is 8.20. The summed E-state index contributed by atoms with van der Waals surface area (Å²) in [5, 5.41) is 5.21. The molecule has 1 aliphatic rings. The van der Waals surface area contributed by atoms with Gasteiger partial charge < -0.3 is 20.1 Å². The van der Waals surface area contributed by atoms with E-state index < -0.39 is 36.5 Å². The fourth-order valence-corrected chi connectivity index (χ4v) is 3.73. The number of hydrogen-bond acceptors (Lipinski definition) is 5. The van der Waals surface area contributed by atoms with E-state index in [1.807, 2.05) is 30.3 Å². The average Bonchev–Trinajstić information content (AvgIpc) is 3.08. The summed E-state index contributed by atoms with van der Waals surface area (Å²) in [6.07, 6.45) is 0. The molecule has 3 aromatic carbocycles. The zero-order valence-electron chi connectivity index (χ0n) is 19.2. The Morgan fingerprint density at radius 3 is 2.25 bits per heavy atom. The van der Waals surface area contributed by atoms with Gasteiger partial charge in [0.05, 0.1) is 0 Å². The Hall–Kier alpha value is -4.47. The summed E-state index contributed by atoms with van der Waals surface area (Å²) in [7, 11) is 0. The van der Waals surface area contributed by atoms with Crippen molar-refractivity contribution in [3.05, 3.63) is 90.0 Å². The molecule has 0 unspecified atom stereocenters. The molecule has 0 bridgehead atoms. The summed E-state index contributed by atoms with van der Waals surface area (Å²) in [5.41, 5.74) is 0.388. The maximum atomic E-state index is 13.0. The molecule has 0 saturated carbocycles. The molecule has 0 aliphatic carbocycles. The Bertz CT molecular complexity index is 1240. The molecule has 1 aliphatic heterocycles. The van der Waals surface area contributed by atoms with E-state index in [1.54, 1.807) is 24.3 Å². The molecule has 1 fully saturated rings. The van der Waals surface area contributed by atoms with E-state index in [4.69, 9.17) is 4.74 Å². The van der Waals surface area contributed by atoms with Crippen LogP contribution in [-0.2, 0) is 21.7 Å². The number of carbonyl (C=O) groups is 3. The Balaban J connectivity index is 1.34. The van der Waals surface area contributed by atoms with E-state index in [0.29, 0.717) is 23.6 Å². The molecule has 2 N–H and O–H groups in total. The van der Waals surface area contributed by atoms with Crippen LogP contribution in [0.1, 0.15) is 18.1 Å². The van der Waals surface area contributed by atoms with E-state index in [1.165, 1.54) is 31.2 Å². The Morgan fingerprint density at radius 1 is 0.972 bits per heavy atom. The highest BCUT2D eigenvalue weighted by Gasteiger charge is 2.49. The van der Waals surface area contributed by atoms with Crippen molar-refractivity contribution in [2.75, 3.05) is 11.9 Å². The first-order chi connectivity index (χ1) is 17.2. The molecule has 1 saturated heterocycles. The van der Waals surface area contributed by atoms with Crippen molar-refractivity contribution in [1.29, 1.82) is 0 Å². The highest BCUT2D eigenvalue weighted by molar-refractivity contribution is 6.10. The fourth-order valence-electron chi connectivity index (χ4n) is 3.73. The standard InChI is InChI=1S/C26H23F2N3O5/c1-26(18-7-11-21(12-8-18)36-24(27)28)23(33)31(25(34)30-26)15-22(32)29-19-9-13-20(14-10-19)35-16-17-5-3-2-4-6-17/h2-14,24H,15-16H2,1H3,(H,29,32)(H,30,34)/t26-/m0/s1. The van der Waals surface area contributed by atoms with Crippen molar-refractivity contribution in [2.45, 2.75) is 25.7 Å².